The fraction of sp³-hybridized carbons (Fsp3) is 1.00. The van der Waals surface area contributed by atoms with E-state index in [0.29, 0.717) is 11.8 Å². The molecule has 15 heavy (non-hydrogen) atoms. The number of halogens is 3. The molecule has 92 valence electrons. The van der Waals surface area contributed by atoms with Crippen molar-refractivity contribution in [3.63, 3.8) is 0 Å². The van der Waals surface area contributed by atoms with Gasteiger partial charge in [0.05, 0.1) is 6.54 Å². The average Bonchev–Trinajstić information content (AvgIpc) is 1.96. The summed E-state index contributed by atoms with van der Waals surface area (Å²) in [6, 6.07) is -0.0216. The van der Waals surface area contributed by atoms with Crippen molar-refractivity contribution in [2.45, 2.75) is 52.8 Å². The summed E-state index contributed by atoms with van der Waals surface area (Å²) < 4.78 is 36.1. The van der Waals surface area contributed by atoms with E-state index >= 15 is 0 Å². The van der Waals surface area contributed by atoms with Crippen molar-refractivity contribution in [1.29, 1.82) is 0 Å². The van der Waals surface area contributed by atoms with Gasteiger partial charge in [-0.1, -0.05) is 27.7 Å². The number of alkyl halides is 3. The smallest absolute Gasteiger partial charge is 0.306 e. The van der Waals surface area contributed by atoms with Crippen LogP contribution in [0.25, 0.3) is 0 Å². The first-order valence-electron chi connectivity index (χ1n) is 5.51. The molecule has 0 bridgehead atoms. The monoisotopic (exact) mass is 225 g/mol. The molecular formula is C11H22F3N. The maximum Gasteiger partial charge on any atom is 0.401 e. The summed E-state index contributed by atoms with van der Waals surface area (Å²) in [7, 11) is 0. The van der Waals surface area contributed by atoms with Gasteiger partial charge in [-0.2, -0.15) is 13.2 Å². The highest BCUT2D eigenvalue weighted by atomic mass is 19.4. The van der Waals surface area contributed by atoms with Gasteiger partial charge in [0, 0.05) is 6.04 Å². The summed E-state index contributed by atoms with van der Waals surface area (Å²) in [5, 5.41) is 2.60. The molecule has 0 spiro atoms. The average molecular weight is 225 g/mol. The second-order valence-corrected chi connectivity index (χ2v) is 4.95. The van der Waals surface area contributed by atoms with Gasteiger partial charge >= 0.3 is 6.18 Å². The Bertz CT molecular complexity index is 154. The molecular weight excluding hydrogens is 203 g/mol. The molecule has 0 aliphatic rings. The first kappa shape index (κ1) is 14.8. The fourth-order valence-electron chi connectivity index (χ4n) is 1.66. The van der Waals surface area contributed by atoms with Crippen molar-refractivity contribution in [2.75, 3.05) is 6.54 Å². The van der Waals surface area contributed by atoms with Gasteiger partial charge in [0.25, 0.3) is 0 Å². The van der Waals surface area contributed by atoms with Gasteiger partial charge in [0.1, 0.15) is 0 Å². The highest BCUT2D eigenvalue weighted by molar-refractivity contribution is 4.72. The lowest BCUT2D eigenvalue weighted by atomic mass is 9.96. The van der Waals surface area contributed by atoms with E-state index in [-0.39, 0.29) is 6.04 Å². The van der Waals surface area contributed by atoms with Gasteiger partial charge in [-0.3, -0.25) is 0 Å². The van der Waals surface area contributed by atoms with Crippen molar-refractivity contribution >= 4 is 0 Å². The molecule has 0 aromatic rings. The van der Waals surface area contributed by atoms with E-state index in [1.807, 2.05) is 27.7 Å². The number of rotatable bonds is 6. The van der Waals surface area contributed by atoms with Gasteiger partial charge in [0.2, 0.25) is 0 Å². The molecule has 0 saturated carbocycles. The molecule has 0 heterocycles. The van der Waals surface area contributed by atoms with Gasteiger partial charge in [-0.15, -0.1) is 0 Å². The lowest BCUT2D eigenvalue weighted by molar-refractivity contribution is -0.126. The van der Waals surface area contributed by atoms with E-state index in [1.54, 1.807) is 0 Å². The predicted molar refractivity (Wildman–Crippen MR) is 56.8 cm³/mol. The van der Waals surface area contributed by atoms with Crippen LogP contribution in [0.2, 0.25) is 0 Å². The fourth-order valence-corrected chi connectivity index (χ4v) is 1.66. The molecule has 1 nitrogen and oxygen atoms in total. The normalized spacial score (nSPS) is 13.2. The molecule has 0 atom stereocenters. The van der Waals surface area contributed by atoms with Crippen LogP contribution in [0.4, 0.5) is 13.2 Å². The Kier molecular flexibility index (Phi) is 6.25. The molecule has 0 rings (SSSR count). The van der Waals surface area contributed by atoms with Gasteiger partial charge in [-0.25, -0.2) is 0 Å². The van der Waals surface area contributed by atoms with Crippen molar-refractivity contribution in [3.05, 3.63) is 0 Å². The van der Waals surface area contributed by atoms with Crippen molar-refractivity contribution < 1.29 is 13.2 Å². The third kappa shape index (κ3) is 10.0. The molecule has 0 aliphatic carbocycles. The SMILES string of the molecule is CC(C)CC(CC(C)C)NCC(F)(F)F. The molecule has 0 aliphatic heterocycles. The first-order chi connectivity index (χ1) is 6.70. The second kappa shape index (κ2) is 6.36. The van der Waals surface area contributed by atoms with Crippen molar-refractivity contribution in [2.24, 2.45) is 11.8 Å². The van der Waals surface area contributed by atoms with E-state index in [2.05, 4.69) is 5.32 Å². The van der Waals surface area contributed by atoms with Crippen LogP contribution >= 0.6 is 0 Å². The van der Waals surface area contributed by atoms with Gasteiger partial charge in [0.15, 0.2) is 0 Å². The zero-order valence-electron chi connectivity index (χ0n) is 9.99. The molecule has 0 fully saturated rings. The molecule has 4 heteroatoms. The van der Waals surface area contributed by atoms with E-state index in [0.717, 1.165) is 12.8 Å². The van der Waals surface area contributed by atoms with E-state index in [1.165, 1.54) is 0 Å². The van der Waals surface area contributed by atoms with E-state index in [4.69, 9.17) is 0 Å². The molecule has 0 unspecified atom stereocenters. The molecule has 0 aromatic heterocycles. The highest BCUT2D eigenvalue weighted by Gasteiger charge is 2.28. The van der Waals surface area contributed by atoms with Crippen LogP contribution in [0, 0.1) is 11.8 Å². The number of hydrogen-bond donors (Lipinski definition) is 1. The summed E-state index contributed by atoms with van der Waals surface area (Å²) in [5.74, 6) is 0.851. The Balaban J connectivity index is 4.01. The zero-order chi connectivity index (χ0) is 12.1. The van der Waals surface area contributed by atoms with Crippen LogP contribution < -0.4 is 5.32 Å². The summed E-state index contributed by atoms with van der Waals surface area (Å²) >= 11 is 0. The van der Waals surface area contributed by atoms with Gasteiger partial charge < -0.3 is 5.32 Å². The third-order valence-corrected chi connectivity index (χ3v) is 2.10. The first-order valence-corrected chi connectivity index (χ1v) is 5.51. The zero-order valence-corrected chi connectivity index (χ0v) is 9.99. The minimum absolute atomic E-state index is 0.0216. The van der Waals surface area contributed by atoms with E-state index < -0.39 is 12.7 Å². The van der Waals surface area contributed by atoms with Crippen molar-refractivity contribution in [3.8, 4) is 0 Å². The minimum atomic E-state index is -4.10. The standard InChI is InChI=1S/C11H22F3N/c1-8(2)5-10(6-9(3)4)15-7-11(12,13)14/h8-10,15H,5-7H2,1-4H3. The van der Waals surface area contributed by atoms with Crippen LogP contribution in [0.3, 0.4) is 0 Å². The quantitative estimate of drug-likeness (QED) is 0.728. The highest BCUT2D eigenvalue weighted by Crippen LogP contribution is 2.17. The molecule has 0 saturated heterocycles. The second-order valence-electron chi connectivity index (χ2n) is 4.95. The maximum atomic E-state index is 12.0. The van der Waals surface area contributed by atoms with Crippen LogP contribution in [-0.4, -0.2) is 18.8 Å². The number of hydrogen-bond acceptors (Lipinski definition) is 1. The largest absolute Gasteiger partial charge is 0.401 e. The van der Waals surface area contributed by atoms with Crippen LogP contribution in [0.5, 0.6) is 0 Å². The third-order valence-electron chi connectivity index (χ3n) is 2.10. The predicted octanol–water partition coefficient (Wildman–Crippen LogP) is 3.60. The topological polar surface area (TPSA) is 12.0 Å². The molecule has 0 radical (unpaired) electrons. The summed E-state index contributed by atoms with van der Waals surface area (Å²) in [5.41, 5.74) is 0. The Morgan fingerprint density at radius 1 is 0.933 bits per heavy atom. The Morgan fingerprint density at radius 2 is 1.33 bits per heavy atom. The summed E-state index contributed by atoms with van der Waals surface area (Å²) in [4.78, 5) is 0. The minimum Gasteiger partial charge on any atom is -0.306 e. The van der Waals surface area contributed by atoms with Crippen LogP contribution in [0.15, 0.2) is 0 Å². The maximum absolute atomic E-state index is 12.0. The van der Waals surface area contributed by atoms with Crippen LogP contribution in [-0.2, 0) is 0 Å². The Labute approximate surface area is 90.4 Å². The van der Waals surface area contributed by atoms with E-state index in [9.17, 15) is 13.2 Å². The van der Waals surface area contributed by atoms with Gasteiger partial charge in [-0.05, 0) is 24.7 Å². The molecule has 0 aromatic carbocycles. The summed E-state index contributed by atoms with van der Waals surface area (Å²) in [6.45, 7) is 7.24. The Morgan fingerprint density at radius 3 is 1.60 bits per heavy atom. The van der Waals surface area contributed by atoms with Crippen molar-refractivity contribution in [1.82, 2.24) is 5.32 Å². The lowest BCUT2D eigenvalue weighted by Gasteiger charge is -2.23. The number of nitrogens with one attached hydrogen (secondary N) is 1. The molecule has 1 N–H and O–H groups in total. The molecule has 0 amide bonds. The lowest BCUT2D eigenvalue weighted by Crippen LogP contribution is -2.38. The summed E-state index contributed by atoms with van der Waals surface area (Å²) in [6.07, 6.45) is -2.51. The Hall–Kier alpha value is -0.250. The van der Waals surface area contributed by atoms with Crippen LogP contribution in [0.1, 0.15) is 40.5 Å².